The second-order valence-corrected chi connectivity index (χ2v) is 7.63. The normalized spacial score (nSPS) is 16.3. The van der Waals surface area contributed by atoms with Gasteiger partial charge < -0.3 is 10.6 Å². The monoisotopic (exact) mass is 423 g/mol. The molecule has 0 aliphatic carbocycles. The zero-order valence-electron chi connectivity index (χ0n) is 16.0. The summed E-state index contributed by atoms with van der Waals surface area (Å²) in [5.41, 5.74) is 3.62. The van der Waals surface area contributed by atoms with E-state index in [0.29, 0.717) is 28.9 Å². The number of halogens is 2. The third-order valence-electron chi connectivity index (χ3n) is 5.29. The minimum atomic E-state index is -0.473. The van der Waals surface area contributed by atoms with Gasteiger partial charge in [-0.3, -0.25) is 9.38 Å². The van der Waals surface area contributed by atoms with Crippen molar-refractivity contribution in [3.05, 3.63) is 59.9 Å². The maximum absolute atomic E-state index is 13.8. The smallest absolute Gasteiger partial charge is 0.210 e. The van der Waals surface area contributed by atoms with Crippen molar-refractivity contribution in [1.82, 2.24) is 29.9 Å². The van der Waals surface area contributed by atoms with Gasteiger partial charge in [0, 0.05) is 30.5 Å². The van der Waals surface area contributed by atoms with Crippen molar-refractivity contribution in [2.75, 3.05) is 18.4 Å². The molecule has 3 aromatic heterocycles. The first-order valence-electron chi connectivity index (χ1n) is 9.77. The van der Waals surface area contributed by atoms with Crippen LogP contribution in [-0.2, 0) is 0 Å². The van der Waals surface area contributed by atoms with E-state index in [1.54, 1.807) is 30.9 Å². The maximum Gasteiger partial charge on any atom is 0.210 e. The Morgan fingerprint density at radius 3 is 2.83 bits per heavy atom. The molecule has 0 radical (unpaired) electrons. The molecule has 1 aliphatic rings. The summed E-state index contributed by atoms with van der Waals surface area (Å²) in [7, 11) is 0. The summed E-state index contributed by atoms with van der Waals surface area (Å²) in [6.45, 7) is 1.78. The highest BCUT2D eigenvalue weighted by Crippen LogP contribution is 2.36. The molecule has 5 rings (SSSR count). The van der Waals surface area contributed by atoms with E-state index in [9.17, 15) is 4.39 Å². The second-order valence-electron chi connectivity index (χ2n) is 7.22. The lowest BCUT2D eigenvalue weighted by Gasteiger charge is -2.17. The van der Waals surface area contributed by atoms with Gasteiger partial charge >= 0.3 is 0 Å². The largest absolute Gasteiger partial charge is 0.354 e. The van der Waals surface area contributed by atoms with Gasteiger partial charge in [0.15, 0.2) is 5.65 Å². The first-order chi connectivity index (χ1) is 14.7. The molecule has 1 aliphatic heterocycles. The van der Waals surface area contributed by atoms with Crippen LogP contribution < -0.4 is 10.6 Å². The van der Waals surface area contributed by atoms with E-state index in [4.69, 9.17) is 16.6 Å². The summed E-state index contributed by atoms with van der Waals surface area (Å²) in [5.74, 6) is 0.172. The van der Waals surface area contributed by atoms with Crippen molar-refractivity contribution < 1.29 is 4.39 Å². The van der Waals surface area contributed by atoms with Gasteiger partial charge in [-0.25, -0.2) is 9.37 Å². The van der Waals surface area contributed by atoms with Crippen LogP contribution in [-0.4, -0.2) is 43.7 Å². The molecule has 0 unspecified atom stereocenters. The number of benzene rings is 1. The van der Waals surface area contributed by atoms with E-state index in [-0.39, 0.29) is 5.02 Å². The molecule has 0 spiro atoms. The SMILES string of the molecule is Fc1ccc(-c2c(-c3ccncc3)nc(NC[C@@H]3CCCN3)n3cnnc23)cc1Cl. The molecule has 9 heteroatoms. The number of anilines is 1. The average Bonchev–Trinajstić information content (AvgIpc) is 3.46. The quantitative estimate of drug-likeness (QED) is 0.508. The number of hydrogen-bond acceptors (Lipinski definition) is 6. The highest BCUT2D eigenvalue weighted by Gasteiger charge is 2.21. The van der Waals surface area contributed by atoms with Gasteiger partial charge in [0.05, 0.1) is 16.3 Å². The Bertz CT molecular complexity index is 1190. The first kappa shape index (κ1) is 18.9. The number of hydrogen-bond donors (Lipinski definition) is 2. The van der Waals surface area contributed by atoms with Crippen molar-refractivity contribution in [3.63, 3.8) is 0 Å². The number of rotatable bonds is 5. The fourth-order valence-electron chi connectivity index (χ4n) is 3.79. The van der Waals surface area contributed by atoms with Crippen molar-refractivity contribution >= 4 is 23.2 Å². The predicted octanol–water partition coefficient (Wildman–Crippen LogP) is 3.81. The lowest BCUT2D eigenvalue weighted by molar-refractivity contribution is 0.628. The van der Waals surface area contributed by atoms with Gasteiger partial charge in [0.1, 0.15) is 12.1 Å². The van der Waals surface area contributed by atoms with E-state index >= 15 is 0 Å². The summed E-state index contributed by atoms with van der Waals surface area (Å²) >= 11 is 6.07. The first-order valence-corrected chi connectivity index (χ1v) is 10.2. The third kappa shape index (κ3) is 3.48. The van der Waals surface area contributed by atoms with Crippen LogP contribution in [0.25, 0.3) is 28.0 Å². The molecule has 4 aromatic rings. The Hall–Kier alpha value is -3.10. The van der Waals surface area contributed by atoms with Gasteiger partial charge in [0.25, 0.3) is 0 Å². The Morgan fingerprint density at radius 2 is 2.07 bits per heavy atom. The van der Waals surface area contributed by atoms with E-state index in [2.05, 4.69) is 25.8 Å². The van der Waals surface area contributed by atoms with Crippen LogP contribution in [0.3, 0.4) is 0 Å². The molecule has 1 atom stereocenters. The van der Waals surface area contributed by atoms with Crippen LogP contribution >= 0.6 is 11.6 Å². The van der Waals surface area contributed by atoms with Gasteiger partial charge in [-0.05, 0) is 49.2 Å². The van der Waals surface area contributed by atoms with Crippen LogP contribution in [0.5, 0.6) is 0 Å². The minimum absolute atomic E-state index is 0.0420. The lowest BCUT2D eigenvalue weighted by atomic mass is 10.0. The van der Waals surface area contributed by atoms with Crippen LogP contribution in [0.15, 0.2) is 49.1 Å². The minimum Gasteiger partial charge on any atom is -0.354 e. The second kappa shape index (κ2) is 7.97. The number of fused-ring (bicyclic) bond motifs is 1. The molecule has 1 fully saturated rings. The summed E-state index contributed by atoms with van der Waals surface area (Å²) in [5, 5.41) is 15.4. The Kier molecular flexibility index (Phi) is 5.02. The van der Waals surface area contributed by atoms with Crippen molar-refractivity contribution in [1.29, 1.82) is 0 Å². The van der Waals surface area contributed by atoms with Crippen LogP contribution in [0.2, 0.25) is 5.02 Å². The number of nitrogens with zero attached hydrogens (tertiary/aromatic N) is 5. The molecule has 30 heavy (non-hydrogen) atoms. The molecular weight excluding hydrogens is 405 g/mol. The van der Waals surface area contributed by atoms with E-state index in [0.717, 1.165) is 30.6 Å². The van der Waals surface area contributed by atoms with Gasteiger partial charge in [0.2, 0.25) is 5.95 Å². The van der Waals surface area contributed by atoms with Crippen LogP contribution in [0.1, 0.15) is 12.8 Å². The molecule has 2 N–H and O–H groups in total. The Balaban J connectivity index is 1.68. The van der Waals surface area contributed by atoms with E-state index in [1.807, 2.05) is 16.5 Å². The van der Waals surface area contributed by atoms with Gasteiger partial charge in [-0.2, -0.15) is 0 Å². The van der Waals surface area contributed by atoms with Crippen molar-refractivity contribution in [3.8, 4) is 22.4 Å². The highest BCUT2D eigenvalue weighted by atomic mass is 35.5. The van der Waals surface area contributed by atoms with Crippen molar-refractivity contribution in [2.45, 2.75) is 18.9 Å². The lowest BCUT2D eigenvalue weighted by Crippen LogP contribution is -2.30. The molecule has 0 saturated carbocycles. The highest BCUT2D eigenvalue weighted by molar-refractivity contribution is 6.31. The maximum atomic E-state index is 13.8. The Labute approximate surface area is 177 Å². The summed E-state index contributed by atoms with van der Waals surface area (Å²) < 4.78 is 15.6. The molecule has 0 bridgehead atoms. The molecule has 0 amide bonds. The zero-order valence-corrected chi connectivity index (χ0v) is 16.8. The van der Waals surface area contributed by atoms with Gasteiger partial charge in [-0.15, -0.1) is 10.2 Å². The van der Waals surface area contributed by atoms with Crippen molar-refractivity contribution in [2.24, 2.45) is 0 Å². The van der Waals surface area contributed by atoms with Crippen LogP contribution in [0, 0.1) is 5.82 Å². The molecule has 152 valence electrons. The van der Waals surface area contributed by atoms with Gasteiger partial charge in [-0.1, -0.05) is 17.7 Å². The molecule has 4 heterocycles. The Morgan fingerprint density at radius 1 is 1.20 bits per heavy atom. The molecule has 7 nitrogen and oxygen atoms in total. The number of nitrogens with one attached hydrogen (secondary N) is 2. The number of pyridine rings is 1. The molecular formula is C21H19ClFN7. The summed E-state index contributed by atoms with van der Waals surface area (Å²) in [4.78, 5) is 9.02. The predicted molar refractivity (Wildman–Crippen MR) is 114 cm³/mol. The molecule has 1 saturated heterocycles. The third-order valence-corrected chi connectivity index (χ3v) is 5.57. The number of aromatic nitrogens is 5. The standard InChI is InChI=1S/C21H19ClFN7/c22-16-10-14(3-4-17(16)23)18-19(13-5-8-24-9-6-13)28-21(30-12-27-29-20(18)30)26-11-15-2-1-7-25-15/h3-6,8-10,12,15,25H,1-2,7,11H2,(H,26,28)/t15-/m0/s1. The van der Waals surface area contributed by atoms with E-state index < -0.39 is 5.82 Å². The average molecular weight is 424 g/mol. The molecule has 1 aromatic carbocycles. The van der Waals surface area contributed by atoms with Crippen LogP contribution in [0.4, 0.5) is 10.3 Å². The summed E-state index contributed by atoms with van der Waals surface area (Å²) in [6, 6.07) is 8.77. The topological polar surface area (TPSA) is 80.0 Å². The zero-order chi connectivity index (χ0) is 20.5. The fourth-order valence-corrected chi connectivity index (χ4v) is 3.97. The van der Waals surface area contributed by atoms with E-state index in [1.165, 1.54) is 12.5 Å². The fraction of sp³-hybridized carbons (Fsp3) is 0.238. The summed E-state index contributed by atoms with van der Waals surface area (Å²) in [6.07, 6.45) is 7.34.